The quantitative estimate of drug-likeness (QED) is 0.525. The fraction of sp³-hybridized carbons (Fsp3) is 0.0833. The van der Waals surface area contributed by atoms with Gasteiger partial charge in [0.2, 0.25) is 0 Å². The molecule has 0 radical (unpaired) electrons. The van der Waals surface area contributed by atoms with Crippen molar-refractivity contribution in [3.63, 3.8) is 0 Å². The SMILES string of the molecule is COc1ccc(/C=C2/C(=O)N(c3ccccc3OC)C(=O)c3ccccc32)cc1O. The number of carbonyl (C=O) groups excluding carboxylic acids is 2. The predicted octanol–water partition coefficient (Wildman–Crippen LogP) is 4.14. The molecule has 0 unspecified atom stereocenters. The van der Waals surface area contributed by atoms with Gasteiger partial charge in [-0.2, -0.15) is 0 Å². The summed E-state index contributed by atoms with van der Waals surface area (Å²) in [5, 5.41) is 10.1. The summed E-state index contributed by atoms with van der Waals surface area (Å²) in [7, 11) is 2.95. The van der Waals surface area contributed by atoms with Crippen molar-refractivity contribution in [1.82, 2.24) is 0 Å². The van der Waals surface area contributed by atoms with Crippen LogP contribution in [0.15, 0.2) is 66.7 Å². The Hall–Kier alpha value is -4.06. The summed E-state index contributed by atoms with van der Waals surface area (Å²) < 4.78 is 10.4. The molecule has 0 aliphatic carbocycles. The fourth-order valence-corrected chi connectivity index (χ4v) is 3.49. The van der Waals surface area contributed by atoms with Gasteiger partial charge in [-0.25, -0.2) is 4.90 Å². The maximum absolute atomic E-state index is 13.5. The molecule has 6 heteroatoms. The number of phenolic OH excluding ortho intramolecular Hbond substituents is 1. The Balaban J connectivity index is 1.90. The molecule has 3 aromatic carbocycles. The number of anilines is 1. The van der Waals surface area contributed by atoms with E-state index in [-0.39, 0.29) is 5.75 Å². The first-order valence-electron chi connectivity index (χ1n) is 9.25. The van der Waals surface area contributed by atoms with Crippen LogP contribution in [0.2, 0.25) is 0 Å². The van der Waals surface area contributed by atoms with Gasteiger partial charge in [0.1, 0.15) is 5.75 Å². The number of carbonyl (C=O) groups is 2. The molecule has 0 spiro atoms. The molecule has 0 fully saturated rings. The van der Waals surface area contributed by atoms with E-state index in [2.05, 4.69) is 0 Å². The average Bonchev–Trinajstić information content (AvgIpc) is 2.77. The Morgan fingerprint density at radius 1 is 0.800 bits per heavy atom. The number of hydrogen-bond donors (Lipinski definition) is 1. The Bertz CT molecular complexity index is 1180. The first-order chi connectivity index (χ1) is 14.5. The van der Waals surface area contributed by atoms with Gasteiger partial charge in [-0.15, -0.1) is 0 Å². The highest BCUT2D eigenvalue weighted by atomic mass is 16.5. The zero-order valence-corrected chi connectivity index (χ0v) is 16.5. The Morgan fingerprint density at radius 2 is 1.47 bits per heavy atom. The van der Waals surface area contributed by atoms with Gasteiger partial charge in [-0.1, -0.05) is 36.4 Å². The third kappa shape index (κ3) is 3.18. The average molecular weight is 401 g/mol. The standard InChI is InChI=1S/C24H19NO5/c1-29-21-10-6-5-9-19(21)25-23(27)17-8-4-3-7-16(17)18(24(25)28)13-15-11-12-22(30-2)20(26)14-15/h3-14,26H,1-2H3/b18-13+. The van der Waals surface area contributed by atoms with Crippen LogP contribution >= 0.6 is 0 Å². The molecule has 0 saturated carbocycles. The highest BCUT2D eigenvalue weighted by molar-refractivity contribution is 6.43. The molecule has 6 nitrogen and oxygen atoms in total. The number of methoxy groups -OCH3 is 2. The molecule has 1 aliphatic rings. The zero-order valence-electron chi connectivity index (χ0n) is 16.5. The highest BCUT2D eigenvalue weighted by Crippen LogP contribution is 2.37. The van der Waals surface area contributed by atoms with Crippen molar-refractivity contribution in [2.45, 2.75) is 0 Å². The second-order valence-electron chi connectivity index (χ2n) is 6.65. The van der Waals surface area contributed by atoms with Crippen molar-refractivity contribution in [2.24, 2.45) is 0 Å². The molecule has 0 saturated heterocycles. The first-order valence-corrected chi connectivity index (χ1v) is 9.25. The van der Waals surface area contributed by atoms with Crippen LogP contribution in [0.25, 0.3) is 11.6 Å². The van der Waals surface area contributed by atoms with Gasteiger partial charge >= 0.3 is 0 Å². The monoisotopic (exact) mass is 401 g/mol. The van der Waals surface area contributed by atoms with Gasteiger partial charge in [0.15, 0.2) is 11.5 Å². The lowest BCUT2D eigenvalue weighted by Gasteiger charge is -2.29. The van der Waals surface area contributed by atoms with E-state index in [9.17, 15) is 14.7 Å². The van der Waals surface area contributed by atoms with Gasteiger partial charge in [-0.3, -0.25) is 9.59 Å². The molecule has 1 heterocycles. The molecule has 0 aromatic heterocycles. The Morgan fingerprint density at radius 3 is 2.17 bits per heavy atom. The lowest BCUT2D eigenvalue weighted by Crippen LogP contribution is -2.42. The molecule has 3 aromatic rings. The van der Waals surface area contributed by atoms with Crippen LogP contribution in [-0.2, 0) is 4.79 Å². The van der Waals surface area contributed by atoms with E-state index < -0.39 is 11.8 Å². The number of nitrogens with zero attached hydrogens (tertiary/aromatic N) is 1. The number of rotatable bonds is 4. The molecule has 0 bridgehead atoms. The van der Waals surface area contributed by atoms with Gasteiger partial charge in [0.25, 0.3) is 11.8 Å². The molecule has 1 aliphatic heterocycles. The van der Waals surface area contributed by atoms with Crippen LogP contribution in [0.3, 0.4) is 0 Å². The van der Waals surface area contributed by atoms with Gasteiger partial charge in [0.05, 0.1) is 19.9 Å². The molecular formula is C24H19NO5. The van der Waals surface area contributed by atoms with Crippen molar-refractivity contribution in [1.29, 1.82) is 0 Å². The summed E-state index contributed by atoms with van der Waals surface area (Å²) in [5.74, 6) is -0.187. The van der Waals surface area contributed by atoms with Crippen LogP contribution in [0.1, 0.15) is 21.5 Å². The van der Waals surface area contributed by atoms with Crippen LogP contribution in [0.5, 0.6) is 17.2 Å². The summed E-state index contributed by atoms with van der Waals surface area (Å²) in [5.41, 5.74) is 2.25. The maximum atomic E-state index is 13.5. The minimum absolute atomic E-state index is 0.0407. The number of hydrogen-bond acceptors (Lipinski definition) is 5. The second kappa shape index (κ2) is 7.75. The second-order valence-corrected chi connectivity index (χ2v) is 6.65. The van der Waals surface area contributed by atoms with E-state index in [1.54, 1.807) is 66.7 Å². The van der Waals surface area contributed by atoms with Crippen molar-refractivity contribution in [3.05, 3.63) is 83.4 Å². The first kappa shape index (κ1) is 19.3. The van der Waals surface area contributed by atoms with Crippen LogP contribution < -0.4 is 14.4 Å². The third-order valence-corrected chi connectivity index (χ3v) is 4.92. The van der Waals surface area contributed by atoms with Crippen LogP contribution in [0.4, 0.5) is 5.69 Å². The van der Waals surface area contributed by atoms with Gasteiger partial charge in [-0.05, 0) is 47.5 Å². The van der Waals surface area contributed by atoms with Crippen LogP contribution in [-0.4, -0.2) is 31.1 Å². The molecule has 30 heavy (non-hydrogen) atoms. The lowest BCUT2D eigenvalue weighted by atomic mass is 9.91. The predicted molar refractivity (Wildman–Crippen MR) is 114 cm³/mol. The van der Waals surface area contributed by atoms with Crippen molar-refractivity contribution >= 4 is 29.2 Å². The molecular weight excluding hydrogens is 382 g/mol. The Kier molecular flexibility index (Phi) is 4.98. The zero-order chi connectivity index (χ0) is 21.3. The molecule has 2 amide bonds. The summed E-state index contributed by atoms with van der Waals surface area (Å²) in [4.78, 5) is 27.8. The largest absolute Gasteiger partial charge is 0.504 e. The van der Waals surface area contributed by atoms with E-state index in [1.807, 2.05) is 0 Å². The smallest absolute Gasteiger partial charge is 0.266 e. The number of phenols is 1. The number of benzene rings is 3. The minimum atomic E-state index is -0.474. The minimum Gasteiger partial charge on any atom is -0.504 e. The number of ether oxygens (including phenoxy) is 2. The summed E-state index contributed by atoms with van der Waals surface area (Å²) in [6.07, 6.45) is 1.65. The van der Waals surface area contributed by atoms with E-state index in [4.69, 9.17) is 9.47 Å². The molecule has 150 valence electrons. The fourth-order valence-electron chi connectivity index (χ4n) is 3.49. The van der Waals surface area contributed by atoms with E-state index >= 15 is 0 Å². The summed E-state index contributed by atoms with van der Waals surface area (Å²) >= 11 is 0. The van der Waals surface area contributed by atoms with Crippen LogP contribution in [0, 0.1) is 0 Å². The number of fused-ring (bicyclic) bond motifs is 1. The molecule has 0 atom stereocenters. The normalized spacial score (nSPS) is 14.6. The van der Waals surface area contributed by atoms with Crippen molar-refractivity contribution < 1.29 is 24.2 Å². The summed E-state index contributed by atoms with van der Waals surface area (Å²) in [6.45, 7) is 0. The van der Waals surface area contributed by atoms with Crippen molar-refractivity contribution in [2.75, 3.05) is 19.1 Å². The topological polar surface area (TPSA) is 76.1 Å². The number of imide groups is 1. The maximum Gasteiger partial charge on any atom is 0.266 e. The number of para-hydroxylation sites is 2. The number of amides is 2. The van der Waals surface area contributed by atoms with Gasteiger partial charge < -0.3 is 14.6 Å². The lowest BCUT2D eigenvalue weighted by molar-refractivity contribution is -0.112. The third-order valence-electron chi connectivity index (χ3n) is 4.92. The number of aromatic hydroxyl groups is 1. The van der Waals surface area contributed by atoms with E-state index in [0.29, 0.717) is 39.4 Å². The van der Waals surface area contributed by atoms with Gasteiger partial charge in [0, 0.05) is 11.1 Å². The van der Waals surface area contributed by atoms with E-state index in [1.165, 1.54) is 20.3 Å². The Labute approximate surface area is 173 Å². The molecule has 4 rings (SSSR count). The van der Waals surface area contributed by atoms with E-state index in [0.717, 1.165) is 4.90 Å². The summed E-state index contributed by atoms with van der Waals surface area (Å²) in [6, 6.07) is 18.7. The highest BCUT2D eigenvalue weighted by Gasteiger charge is 2.37. The van der Waals surface area contributed by atoms with Crippen molar-refractivity contribution in [3.8, 4) is 17.2 Å². The molecule has 1 N–H and O–H groups in total.